The van der Waals surface area contributed by atoms with Gasteiger partial charge in [-0.1, -0.05) is 6.92 Å². The smallest absolute Gasteiger partial charge is 0.110 e. The van der Waals surface area contributed by atoms with Crippen LogP contribution in [0.2, 0.25) is 0 Å². The van der Waals surface area contributed by atoms with E-state index in [-0.39, 0.29) is 0 Å². The Morgan fingerprint density at radius 3 is 3.12 bits per heavy atom. The van der Waals surface area contributed by atoms with E-state index < -0.39 is 0 Å². The maximum absolute atomic E-state index is 4.50. The zero-order chi connectivity index (χ0) is 12.1. The Labute approximate surface area is 108 Å². The third-order valence-electron chi connectivity index (χ3n) is 3.55. The number of nitrogens with one attached hydrogen (secondary N) is 1. The van der Waals surface area contributed by atoms with Crippen molar-refractivity contribution in [2.75, 3.05) is 18.1 Å². The largest absolute Gasteiger partial charge is 0.335 e. The van der Waals surface area contributed by atoms with Crippen LogP contribution >= 0.6 is 11.8 Å². The van der Waals surface area contributed by atoms with Crippen LogP contribution < -0.4 is 5.32 Å². The lowest BCUT2D eigenvalue weighted by atomic mass is 9.96. The highest BCUT2D eigenvalue weighted by atomic mass is 32.2. The summed E-state index contributed by atoms with van der Waals surface area (Å²) in [5.74, 6) is 4.69. The fraction of sp³-hybridized carbons (Fsp3) is 0.769. The van der Waals surface area contributed by atoms with Crippen LogP contribution in [-0.2, 0) is 13.0 Å². The van der Waals surface area contributed by atoms with E-state index in [4.69, 9.17) is 0 Å². The van der Waals surface area contributed by atoms with Crippen molar-refractivity contribution >= 4 is 11.8 Å². The predicted molar refractivity (Wildman–Crippen MR) is 74.5 cm³/mol. The number of nitrogens with zero attached hydrogens (tertiary/aromatic N) is 2. The van der Waals surface area contributed by atoms with Crippen LogP contribution in [0.25, 0.3) is 0 Å². The van der Waals surface area contributed by atoms with Crippen molar-refractivity contribution in [2.45, 2.75) is 39.3 Å². The van der Waals surface area contributed by atoms with Gasteiger partial charge in [0.2, 0.25) is 0 Å². The second kappa shape index (κ2) is 6.45. The summed E-state index contributed by atoms with van der Waals surface area (Å²) in [6, 6.07) is 0.600. The summed E-state index contributed by atoms with van der Waals surface area (Å²) in [4.78, 5) is 4.50. The molecule has 96 valence electrons. The van der Waals surface area contributed by atoms with Crippen molar-refractivity contribution in [3.63, 3.8) is 0 Å². The van der Waals surface area contributed by atoms with E-state index in [9.17, 15) is 0 Å². The van der Waals surface area contributed by atoms with Crippen LogP contribution in [0, 0.1) is 5.92 Å². The topological polar surface area (TPSA) is 29.9 Å². The van der Waals surface area contributed by atoms with Gasteiger partial charge < -0.3 is 9.88 Å². The van der Waals surface area contributed by atoms with E-state index in [1.165, 1.54) is 23.8 Å². The van der Waals surface area contributed by atoms with E-state index in [1.807, 2.05) is 6.20 Å². The highest BCUT2D eigenvalue weighted by Gasteiger charge is 2.25. The van der Waals surface area contributed by atoms with Crippen molar-refractivity contribution < 1.29 is 0 Å². The molecule has 0 radical (unpaired) electrons. The van der Waals surface area contributed by atoms with Crippen LogP contribution in [-0.4, -0.2) is 33.6 Å². The Hall–Kier alpha value is -0.480. The maximum Gasteiger partial charge on any atom is 0.110 e. The molecule has 0 saturated carbocycles. The van der Waals surface area contributed by atoms with Gasteiger partial charge in [-0.15, -0.1) is 0 Å². The summed E-state index contributed by atoms with van der Waals surface area (Å²) in [7, 11) is 0. The number of aromatic nitrogens is 2. The summed E-state index contributed by atoms with van der Waals surface area (Å²) < 4.78 is 2.26. The Balaban J connectivity index is 2.01. The van der Waals surface area contributed by atoms with E-state index in [0.717, 1.165) is 25.4 Å². The molecular weight excluding hydrogens is 230 g/mol. The van der Waals surface area contributed by atoms with Crippen LogP contribution in [0.4, 0.5) is 0 Å². The Bertz CT molecular complexity index is 331. The van der Waals surface area contributed by atoms with Crippen molar-refractivity contribution in [2.24, 2.45) is 5.92 Å². The minimum atomic E-state index is 0.600. The summed E-state index contributed by atoms with van der Waals surface area (Å²) >= 11 is 2.09. The van der Waals surface area contributed by atoms with Gasteiger partial charge in [0, 0.05) is 31.4 Å². The molecule has 1 aliphatic heterocycles. The summed E-state index contributed by atoms with van der Waals surface area (Å²) in [6.07, 6.45) is 6.43. The summed E-state index contributed by atoms with van der Waals surface area (Å²) in [5.41, 5.74) is 0. The third kappa shape index (κ3) is 3.26. The molecule has 1 saturated heterocycles. The molecule has 0 spiro atoms. The Morgan fingerprint density at radius 1 is 1.59 bits per heavy atom. The summed E-state index contributed by atoms with van der Waals surface area (Å²) in [5, 5.41) is 3.65. The van der Waals surface area contributed by atoms with Gasteiger partial charge in [-0.2, -0.15) is 11.8 Å². The number of thioether (sulfide) groups is 1. The van der Waals surface area contributed by atoms with Gasteiger partial charge >= 0.3 is 0 Å². The molecular formula is C13H23N3S. The minimum absolute atomic E-state index is 0.600. The number of imidazole rings is 1. The van der Waals surface area contributed by atoms with E-state index >= 15 is 0 Å². The predicted octanol–water partition coefficient (Wildman–Crippen LogP) is 2.18. The third-order valence-corrected chi connectivity index (χ3v) is 4.73. The zero-order valence-corrected chi connectivity index (χ0v) is 11.7. The number of likely N-dealkylation sites (N-methyl/N-ethyl adjacent to an activating group) is 1. The number of aryl methyl sites for hydroxylation is 1. The molecule has 1 aromatic rings. The molecule has 1 aromatic heterocycles. The first-order valence-electron chi connectivity index (χ1n) is 6.66. The molecule has 3 nitrogen and oxygen atoms in total. The molecule has 17 heavy (non-hydrogen) atoms. The molecule has 2 rings (SSSR count). The lowest BCUT2D eigenvalue weighted by molar-refractivity contribution is 0.377. The van der Waals surface area contributed by atoms with Gasteiger partial charge in [0.25, 0.3) is 0 Å². The second-order valence-corrected chi connectivity index (χ2v) is 5.77. The van der Waals surface area contributed by atoms with Crippen molar-refractivity contribution in [3.05, 3.63) is 18.2 Å². The molecule has 1 aliphatic rings. The van der Waals surface area contributed by atoms with Gasteiger partial charge in [-0.3, -0.25) is 0 Å². The molecule has 0 bridgehead atoms. The van der Waals surface area contributed by atoms with Crippen LogP contribution in [0.15, 0.2) is 12.4 Å². The molecule has 0 amide bonds. The van der Waals surface area contributed by atoms with E-state index in [0.29, 0.717) is 6.04 Å². The Morgan fingerprint density at radius 2 is 2.47 bits per heavy atom. The first-order chi connectivity index (χ1) is 8.35. The molecule has 2 unspecified atom stereocenters. The number of hydrogen-bond acceptors (Lipinski definition) is 3. The van der Waals surface area contributed by atoms with Crippen LogP contribution in [0.5, 0.6) is 0 Å². The average molecular weight is 253 g/mol. The quantitative estimate of drug-likeness (QED) is 0.843. The molecule has 2 heterocycles. The number of hydrogen-bond donors (Lipinski definition) is 1. The highest BCUT2D eigenvalue weighted by molar-refractivity contribution is 7.99. The standard InChI is InChI=1S/C13H23N3S/c1-3-14-12(11-5-8-17-10-11)9-13-15-6-7-16(13)4-2/h6-7,11-12,14H,3-5,8-10H2,1-2H3. The Kier molecular flexibility index (Phi) is 4.92. The average Bonchev–Trinajstić information content (AvgIpc) is 2.99. The van der Waals surface area contributed by atoms with E-state index in [1.54, 1.807) is 0 Å². The zero-order valence-electron chi connectivity index (χ0n) is 10.9. The van der Waals surface area contributed by atoms with Crippen LogP contribution in [0.3, 0.4) is 0 Å². The van der Waals surface area contributed by atoms with Gasteiger partial charge in [0.15, 0.2) is 0 Å². The normalized spacial score (nSPS) is 21.9. The fourth-order valence-corrected chi connectivity index (χ4v) is 3.89. The van der Waals surface area contributed by atoms with Crippen molar-refractivity contribution in [1.82, 2.24) is 14.9 Å². The van der Waals surface area contributed by atoms with Gasteiger partial charge in [0.1, 0.15) is 5.82 Å². The molecule has 2 atom stereocenters. The van der Waals surface area contributed by atoms with Crippen molar-refractivity contribution in [3.8, 4) is 0 Å². The van der Waals surface area contributed by atoms with Gasteiger partial charge in [-0.25, -0.2) is 4.98 Å². The maximum atomic E-state index is 4.50. The lowest BCUT2D eigenvalue weighted by Crippen LogP contribution is -2.38. The fourth-order valence-electron chi connectivity index (χ4n) is 2.55. The molecule has 4 heteroatoms. The second-order valence-electron chi connectivity index (χ2n) is 4.62. The van der Waals surface area contributed by atoms with Crippen LogP contribution in [0.1, 0.15) is 26.1 Å². The van der Waals surface area contributed by atoms with Crippen molar-refractivity contribution in [1.29, 1.82) is 0 Å². The lowest BCUT2D eigenvalue weighted by Gasteiger charge is -2.23. The SMILES string of the molecule is CCNC(Cc1nccn1CC)C1CCSC1. The number of rotatable bonds is 6. The summed E-state index contributed by atoms with van der Waals surface area (Å²) in [6.45, 7) is 6.45. The first kappa shape index (κ1) is 13.0. The molecule has 0 aliphatic carbocycles. The first-order valence-corrected chi connectivity index (χ1v) is 7.81. The van der Waals surface area contributed by atoms with E-state index in [2.05, 4.69) is 46.7 Å². The molecule has 0 aromatic carbocycles. The highest BCUT2D eigenvalue weighted by Crippen LogP contribution is 2.27. The minimum Gasteiger partial charge on any atom is -0.335 e. The molecule has 1 N–H and O–H groups in total. The molecule has 1 fully saturated rings. The van der Waals surface area contributed by atoms with Gasteiger partial charge in [0.05, 0.1) is 0 Å². The monoisotopic (exact) mass is 253 g/mol. The van der Waals surface area contributed by atoms with Gasteiger partial charge in [-0.05, 0) is 37.3 Å².